The number of carbonyl (C=O) groups excluding carboxylic acids is 1. The van der Waals surface area contributed by atoms with Gasteiger partial charge in [0.2, 0.25) is 0 Å². The first-order chi connectivity index (χ1) is 9.74. The molecule has 0 aliphatic carbocycles. The molecular weight excluding hydrogens is 260 g/mol. The van der Waals surface area contributed by atoms with Crippen molar-refractivity contribution in [1.82, 2.24) is 0 Å². The molecule has 2 rings (SSSR count). The van der Waals surface area contributed by atoms with Crippen LogP contribution in [0.5, 0.6) is 0 Å². The van der Waals surface area contributed by atoms with E-state index >= 15 is 0 Å². The Labute approximate surface area is 118 Å². The highest BCUT2D eigenvalue weighted by molar-refractivity contribution is 5.69. The average Bonchev–Trinajstić information content (AvgIpc) is 2.93. The van der Waals surface area contributed by atoms with Gasteiger partial charge in [0.1, 0.15) is 6.61 Å². The van der Waals surface area contributed by atoms with Crippen LogP contribution < -0.4 is 0 Å². The molecule has 0 radical (unpaired) electrons. The molecule has 1 aliphatic heterocycles. The van der Waals surface area contributed by atoms with Gasteiger partial charge in [-0.2, -0.15) is 0 Å². The van der Waals surface area contributed by atoms with E-state index in [4.69, 9.17) is 19.3 Å². The summed E-state index contributed by atoms with van der Waals surface area (Å²) in [4.78, 5) is 11.5. The second-order valence-electron chi connectivity index (χ2n) is 4.71. The highest BCUT2D eigenvalue weighted by atomic mass is 16.7. The van der Waals surface area contributed by atoms with Crippen molar-refractivity contribution in [1.29, 1.82) is 0 Å². The second-order valence-corrected chi connectivity index (χ2v) is 4.71. The van der Waals surface area contributed by atoms with Crippen LogP contribution in [0.2, 0.25) is 0 Å². The van der Waals surface area contributed by atoms with Crippen molar-refractivity contribution < 1.29 is 24.1 Å². The zero-order chi connectivity index (χ0) is 14.3. The zero-order valence-electron chi connectivity index (χ0n) is 11.4. The number of hydrogen-bond donors (Lipinski definition) is 1. The van der Waals surface area contributed by atoms with Crippen LogP contribution in [0.4, 0.5) is 0 Å². The van der Waals surface area contributed by atoms with Crippen LogP contribution in [-0.2, 0) is 25.4 Å². The van der Waals surface area contributed by atoms with Gasteiger partial charge in [-0.15, -0.1) is 0 Å². The Morgan fingerprint density at radius 2 is 1.95 bits per heavy atom. The van der Waals surface area contributed by atoms with Crippen LogP contribution in [0.1, 0.15) is 18.4 Å². The van der Waals surface area contributed by atoms with Gasteiger partial charge in [-0.3, -0.25) is 4.79 Å². The quantitative estimate of drug-likeness (QED) is 0.762. The molecular formula is C15H20O5. The summed E-state index contributed by atoms with van der Waals surface area (Å²) < 4.78 is 16.3. The smallest absolute Gasteiger partial charge is 0.306 e. The van der Waals surface area contributed by atoms with Gasteiger partial charge in [0, 0.05) is 12.8 Å². The van der Waals surface area contributed by atoms with Gasteiger partial charge in [-0.05, 0) is 5.56 Å². The fourth-order valence-electron chi connectivity index (χ4n) is 2.26. The molecule has 110 valence electrons. The molecule has 0 spiro atoms. The fraction of sp³-hybridized carbons (Fsp3) is 0.533. The van der Waals surface area contributed by atoms with Crippen molar-refractivity contribution in [2.24, 2.45) is 0 Å². The first-order valence-electron chi connectivity index (χ1n) is 6.82. The predicted molar refractivity (Wildman–Crippen MR) is 72.1 cm³/mol. The van der Waals surface area contributed by atoms with Crippen molar-refractivity contribution in [2.45, 2.75) is 25.0 Å². The van der Waals surface area contributed by atoms with Gasteiger partial charge in [0.05, 0.1) is 26.2 Å². The Balaban J connectivity index is 1.91. The van der Waals surface area contributed by atoms with Crippen molar-refractivity contribution in [3.05, 3.63) is 35.9 Å². The van der Waals surface area contributed by atoms with Crippen molar-refractivity contribution in [3.63, 3.8) is 0 Å². The van der Waals surface area contributed by atoms with E-state index < -0.39 is 5.79 Å². The third kappa shape index (κ3) is 4.30. The summed E-state index contributed by atoms with van der Waals surface area (Å²) >= 11 is 0. The van der Waals surface area contributed by atoms with E-state index in [1.54, 1.807) is 0 Å². The first kappa shape index (κ1) is 15.0. The third-order valence-corrected chi connectivity index (χ3v) is 3.19. The predicted octanol–water partition coefficient (Wildman–Crippen LogP) is 1.29. The summed E-state index contributed by atoms with van der Waals surface area (Å²) in [7, 11) is 0. The number of aliphatic hydroxyl groups excluding tert-OH is 1. The minimum absolute atomic E-state index is 0.0340. The average molecular weight is 280 g/mol. The normalized spacial score (nSPS) is 17.1. The van der Waals surface area contributed by atoms with Crippen LogP contribution in [-0.4, -0.2) is 43.3 Å². The number of hydrogen-bond acceptors (Lipinski definition) is 5. The van der Waals surface area contributed by atoms with Crippen LogP contribution >= 0.6 is 0 Å². The van der Waals surface area contributed by atoms with Crippen molar-refractivity contribution in [2.75, 3.05) is 26.4 Å². The molecule has 0 aromatic heterocycles. The topological polar surface area (TPSA) is 65.0 Å². The maximum absolute atomic E-state index is 11.5. The lowest BCUT2D eigenvalue weighted by Gasteiger charge is -2.27. The van der Waals surface area contributed by atoms with E-state index in [0.29, 0.717) is 26.1 Å². The Hall–Kier alpha value is -1.43. The SMILES string of the molecule is O=C(CCC1(Cc2ccccc2)OCCO1)OCCO. The van der Waals surface area contributed by atoms with E-state index in [9.17, 15) is 4.79 Å². The molecule has 5 heteroatoms. The van der Waals surface area contributed by atoms with Gasteiger partial charge < -0.3 is 19.3 Å². The standard InChI is InChI=1S/C15H20O5/c16-8-9-18-14(17)6-7-15(19-10-11-20-15)12-13-4-2-1-3-5-13/h1-5,16H,6-12H2. The monoisotopic (exact) mass is 280 g/mol. The number of aliphatic hydroxyl groups is 1. The molecule has 0 bridgehead atoms. The highest BCUT2D eigenvalue weighted by Crippen LogP contribution is 2.29. The van der Waals surface area contributed by atoms with Gasteiger partial charge in [-0.25, -0.2) is 0 Å². The van der Waals surface area contributed by atoms with Gasteiger partial charge >= 0.3 is 5.97 Å². The Morgan fingerprint density at radius 1 is 1.25 bits per heavy atom. The maximum atomic E-state index is 11.5. The van der Waals surface area contributed by atoms with Crippen molar-refractivity contribution in [3.8, 4) is 0 Å². The molecule has 0 unspecified atom stereocenters. The lowest BCUT2D eigenvalue weighted by atomic mass is 10.0. The number of ether oxygens (including phenoxy) is 3. The summed E-state index contributed by atoms with van der Waals surface area (Å²) in [5.41, 5.74) is 1.11. The lowest BCUT2D eigenvalue weighted by Crippen LogP contribution is -2.34. The summed E-state index contributed by atoms with van der Waals surface area (Å²) in [6.45, 7) is 0.956. The molecule has 1 N–H and O–H groups in total. The van der Waals surface area contributed by atoms with E-state index in [1.807, 2.05) is 30.3 Å². The second kappa shape index (κ2) is 7.38. The Morgan fingerprint density at radius 3 is 2.60 bits per heavy atom. The number of rotatable bonds is 7. The molecule has 1 aromatic rings. The number of carbonyl (C=O) groups is 1. The van der Waals surface area contributed by atoms with E-state index in [2.05, 4.69) is 0 Å². The molecule has 1 aromatic carbocycles. The molecule has 1 fully saturated rings. The third-order valence-electron chi connectivity index (χ3n) is 3.19. The fourth-order valence-corrected chi connectivity index (χ4v) is 2.26. The van der Waals surface area contributed by atoms with Crippen LogP contribution in [0.15, 0.2) is 30.3 Å². The minimum Gasteiger partial charge on any atom is -0.463 e. The van der Waals surface area contributed by atoms with Crippen LogP contribution in [0.25, 0.3) is 0 Å². The molecule has 0 saturated carbocycles. The molecule has 5 nitrogen and oxygen atoms in total. The Kier molecular flexibility index (Phi) is 5.52. The number of esters is 1. The van der Waals surface area contributed by atoms with Gasteiger partial charge in [0.15, 0.2) is 5.79 Å². The Bertz CT molecular complexity index is 412. The summed E-state index contributed by atoms with van der Waals surface area (Å²) in [6, 6.07) is 9.91. The largest absolute Gasteiger partial charge is 0.463 e. The number of benzene rings is 1. The summed E-state index contributed by atoms with van der Waals surface area (Å²) in [5.74, 6) is -1.08. The van der Waals surface area contributed by atoms with E-state index in [1.165, 1.54) is 0 Å². The van der Waals surface area contributed by atoms with Gasteiger partial charge in [0.25, 0.3) is 0 Å². The lowest BCUT2D eigenvalue weighted by molar-refractivity contribution is -0.170. The molecule has 1 heterocycles. The summed E-state index contributed by atoms with van der Waals surface area (Å²) in [5, 5.41) is 8.61. The zero-order valence-corrected chi connectivity index (χ0v) is 11.4. The maximum Gasteiger partial charge on any atom is 0.306 e. The van der Waals surface area contributed by atoms with Crippen LogP contribution in [0, 0.1) is 0 Å². The molecule has 1 aliphatic rings. The van der Waals surface area contributed by atoms with Crippen molar-refractivity contribution >= 4 is 5.97 Å². The van der Waals surface area contributed by atoms with Gasteiger partial charge in [-0.1, -0.05) is 30.3 Å². The van der Waals surface area contributed by atoms with E-state index in [0.717, 1.165) is 5.56 Å². The minimum atomic E-state index is -0.737. The van der Waals surface area contributed by atoms with Crippen LogP contribution in [0.3, 0.4) is 0 Å². The summed E-state index contributed by atoms with van der Waals surface area (Å²) in [6.07, 6.45) is 1.28. The molecule has 1 saturated heterocycles. The molecule has 0 atom stereocenters. The molecule has 20 heavy (non-hydrogen) atoms. The highest BCUT2D eigenvalue weighted by Gasteiger charge is 2.37. The van der Waals surface area contributed by atoms with E-state index in [-0.39, 0.29) is 25.6 Å². The first-order valence-corrected chi connectivity index (χ1v) is 6.82. The molecule has 0 amide bonds.